The quantitative estimate of drug-likeness (QED) is 0.563. The summed E-state index contributed by atoms with van der Waals surface area (Å²) in [6.45, 7) is 1.23. The number of benzene rings is 1. The van der Waals surface area contributed by atoms with Crippen molar-refractivity contribution < 1.29 is 18.3 Å². The van der Waals surface area contributed by atoms with Gasteiger partial charge in [0.2, 0.25) is 0 Å². The average Bonchev–Trinajstić information content (AvgIpc) is 3.59. The van der Waals surface area contributed by atoms with E-state index < -0.39 is 0 Å². The number of carbonyl (C=O) groups excluding carboxylic acids is 1. The number of amides is 1. The van der Waals surface area contributed by atoms with Gasteiger partial charge in [0.15, 0.2) is 11.5 Å². The fourth-order valence-electron chi connectivity index (χ4n) is 4.75. The molecule has 168 valence electrons. The van der Waals surface area contributed by atoms with E-state index in [1.54, 1.807) is 18.2 Å². The molecule has 1 aliphatic carbocycles. The van der Waals surface area contributed by atoms with Crippen LogP contribution in [0.25, 0.3) is 22.7 Å². The van der Waals surface area contributed by atoms with Crippen LogP contribution < -0.4 is 5.32 Å². The van der Waals surface area contributed by atoms with Crippen molar-refractivity contribution >= 4 is 5.91 Å². The zero-order valence-electron chi connectivity index (χ0n) is 18.1. The Bertz CT molecular complexity index is 1060. The summed E-state index contributed by atoms with van der Waals surface area (Å²) >= 11 is 0. The lowest BCUT2D eigenvalue weighted by atomic mass is 9.95. The largest absolute Gasteiger partial charge is 0.449 e. The van der Waals surface area contributed by atoms with Gasteiger partial charge in [-0.15, -0.1) is 0 Å². The smallest absolute Gasteiger partial charge is 0.287 e. The fraction of sp³-hybridized carbons (Fsp3) is 0.440. The van der Waals surface area contributed by atoms with Crippen molar-refractivity contribution in [1.82, 2.24) is 14.9 Å². The van der Waals surface area contributed by atoms with Crippen LogP contribution in [0.1, 0.15) is 61.5 Å². The van der Waals surface area contributed by atoms with Crippen LogP contribution in [0.2, 0.25) is 0 Å². The lowest BCUT2D eigenvalue weighted by molar-refractivity contribution is 0.0836. The van der Waals surface area contributed by atoms with E-state index in [-0.39, 0.29) is 23.6 Å². The molecule has 0 radical (unpaired) electrons. The molecule has 5 rings (SSSR count). The maximum absolute atomic E-state index is 13.5. The van der Waals surface area contributed by atoms with Crippen molar-refractivity contribution in [2.24, 2.45) is 0 Å². The third kappa shape index (κ3) is 4.35. The first kappa shape index (κ1) is 20.9. The number of furan rings is 1. The van der Waals surface area contributed by atoms with E-state index in [1.807, 2.05) is 12.4 Å². The first-order chi connectivity index (χ1) is 15.7. The number of rotatable bonds is 6. The van der Waals surface area contributed by atoms with E-state index in [4.69, 9.17) is 9.15 Å². The molecule has 1 saturated carbocycles. The van der Waals surface area contributed by atoms with Crippen LogP contribution in [0, 0.1) is 5.82 Å². The second-order valence-electron chi connectivity index (χ2n) is 8.66. The number of nitrogens with one attached hydrogen (secondary N) is 1. The molecule has 3 aromatic rings. The number of imidazole rings is 1. The Labute approximate surface area is 186 Å². The maximum atomic E-state index is 13.5. The molecule has 1 aliphatic heterocycles. The van der Waals surface area contributed by atoms with Crippen LogP contribution in [0.15, 0.2) is 47.1 Å². The molecule has 2 fully saturated rings. The summed E-state index contributed by atoms with van der Waals surface area (Å²) in [6.07, 6.45) is 9.71. The van der Waals surface area contributed by atoms with Gasteiger partial charge in [-0.2, -0.15) is 0 Å². The van der Waals surface area contributed by atoms with E-state index in [2.05, 4.69) is 14.9 Å². The first-order valence-corrected chi connectivity index (χ1v) is 11.5. The van der Waals surface area contributed by atoms with Crippen LogP contribution >= 0.6 is 0 Å². The molecule has 3 heterocycles. The lowest BCUT2D eigenvalue weighted by Crippen LogP contribution is -2.31. The third-order valence-electron chi connectivity index (χ3n) is 6.46. The Kier molecular flexibility index (Phi) is 6.08. The van der Waals surface area contributed by atoms with E-state index in [9.17, 15) is 9.18 Å². The van der Waals surface area contributed by atoms with Gasteiger partial charge >= 0.3 is 0 Å². The molecule has 1 amide bonds. The van der Waals surface area contributed by atoms with E-state index in [0.29, 0.717) is 18.3 Å². The predicted molar refractivity (Wildman–Crippen MR) is 119 cm³/mol. The molecule has 1 unspecified atom stereocenters. The Morgan fingerprint density at radius 3 is 2.62 bits per heavy atom. The van der Waals surface area contributed by atoms with Crippen molar-refractivity contribution in [3.8, 4) is 22.7 Å². The average molecular weight is 438 g/mol. The normalized spacial score (nSPS) is 19.3. The molecule has 32 heavy (non-hydrogen) atoms. The van der Waals surface area contributed by atoms with Crippen molar-refractivity contribution in [3.63, 3.8) is 0 Å². The van der Waals surface area contributed by atoms with Crippen molar-refractivity contribution in [3.05, 3.63) is 54.3 Å². The zero-order chi connectivity index (χ0) is 21.9. The summed E-state index contributed by atoms with van der Waals surface area (Å²) in [5.74, 6) is 0.318. The number of halogens is 1. The van der Waals surface area contributed by atoms with Crippen LogP contribution in [0.3, 0.4) is 0 Å². The van der Waals surface area contributed by atoms with Crippen LogP contribution in [-0.4, -0.2) is 34.7 Å². The van der Waals surface area contributed by atoms with E-state index >= 15 is 0 Å². The second kappa shape index (κ2) is 9.28. The van der Waals surface area contributed by atoms with Crippen molar-refractivity contribution in [2.45, 2.75) is 57.1 Å². The molecular weight excluding hydrogens is 409 g/mol. The van der Waals surface area contributed by atoms with Crippen LogP contribution in [-0.2, 0) is 4.74 Å². The molecular formula is C25H28FN3O3. The molecule has 1 aromatic carbocycles. The van der Waals surface area contributed by atoms with Crippen LogP contribution in [0.5, 0.6) is 0 Å². The number of ether oxygens (including phenoxy) is 1. The maximum Gasteiger partial charge on any atom is 0.287 e. The number of nitrogens with zero attached hydrogens (tertiary/aromatic N) is 2. The minimum absolute atomic E-state index is 0.0752. The lowest BCUT2D eigenvalue weighted by Gasteiger charge is -2.24. The summed E-state index contributed by atoms with van der Waals surface area (Å²) in [6, 6.07) is 10.2. The SMILES string of the molecule is O=C(NCC1CCCO1)c1ccc(-c2c(-c3ccc(F)cc3)ncn2C2CCCCC2)o1. The highest BCUT2D eigenvalue weighted by Gasteiger charge is 2.25. The van der Waals surface area contributed by atoms with Gasteiger partial charge in [0.25, 0.3) is 5.91 Å². The molecule has 1 saturated heterocycles. The highest BCUT2D eigenvalue weighted by Crippen LogP contribution is 2.38. The zero-order valence-corrected chi connectivity index (χ0v) is 18.1. The number of hydrogen-bond donors (Lipinski definition) is 1. The van der Waals surface area contributed by atoms with Gasteiger partial charge < -0.3 is 19.0 Å². The minimum atomic E-state index is -0.287. The Morgan fingerprint density at radius 1 is 1.06 bits per heavy atom. The van der Waals surface area contributed by atoms with Crippen molar-refractivity contribution in [2.75, 3.05) is 13.2 Å². The van der Waals surface area contributed by atoms with Gasteiger partial charge in [-0.05, 0) is 62.1 Å². The highest BCUT2D eigenvalue weighted by atomic mass is 19.1. The monoisotopic (exact) mass is 437 g/mol. The topological polar surface area (TPSA) is 69.3 Å². The summed E-state index contributed by atoms with van der Waals surface area (Å²) in [7, 11) is 0. The van der Waals surface area contributed by atoms with Gasteiger partial charge in [-0.1, -0.05) is 19.3 Å². The van der Waals surface area contributed by atoms with Gasteiger partial charge in [-0.25, -0.2) is 9.37 Å². The molecule has 2 aromatic heterocycles. The molecule has 2 aliphatic rings. The molecule has 0 spiro atoms. The van der Waals surface area contributed by atoms with Gasteiger partial charge in [0.05, 0.1) is 18.1 Å². The molecule has 1 atom stereocenters. The molecule has 1 N–H and O–H groups in total. The third-order valence-corrected chi connectivity index (χ3v) is 6.46. The predicted octanol–water partition coefficient (Wildman–Crippen LogP) is 5.36. The summed E-state index contributed by atoms with van der Waals surface area (Å²) < 4.78 is 27.3. The van der Waals surface area contributed by atoms with E-state index in [0.717, 1.165) is 49.2 Å². The van der Waals surface area contributed by atoms with Gasteiger partial charge in [-0.3, -0.25) is 4.79 Å². The number of carbonyl (C=O) groups is 1. The molecule has 7 heteroatoms. The van der Waals surface area contributed by atoms with Crippen molar-refractivity contribution in [1.29, 1.82) is 0 Å². The van der Waals surface area contributed by atoms with Gasteiger partial charge in [0, 0.05) is 24.8 Å². The summed E-state index contributed by atoms with van der Waals surface area (Å²) in [5.41, 5.74) is 2.38. The van der Waals surface area contributed by atoms with Crippen LogP contribution in [0.4, 0.5) is 4.39 Å². The fourth-order valence-corrected chi connectivity index (χ4v) is 4.75. The summed E-state index contributed by atoms with van der Waals surface area (Å²) in [4.78, 5) is 17.3. The second-order valence-corrected chi connectivity index (χ2v) is 8.66. The van der Waals surface area contributed by atoms with E-state index in [1.165, 1.54) is 31.4 Å². The number of hydrogen-bond acceptors (Lipinski definition) is 4. The Balaban J connectivity index is 1.45. The molecule has 6 nitrogen and oxygen atoms in total. The Morgan fingerprint density at radius 2 is 1.88 bits per heavy atom. The first-order valence-electron chi connectivity index (χ1n) is 11.5. The summed E-state index contributed by atoms with van der Waals surface area (Å²) in [5, 5.41) is 2.91. The molecule has 0 bridgehead atoms. The Hall–Kier alpha value is -2.93. The van der Waals surface area contributed by atoms with Gasteiger partial charge in [0.1, 0.15) is 11.5 Å². The standard InChI is InChI=1S/C25H28FN3O3/c26-18-10-8-17(9-11-18)23-24(29(16-28-23)19-5-2-1-3-6-19)21-12-13-22(32-21)25(30)27-15-20-7-4-14-31-20/h8-13,16,19-20H,1-7,14-15H2,(H,27,30). The highest BCUT2D eigenvalue weighted by molar-refractivity contribution is 5.92. The number of aromatic nitrogens is 2. The minimum Gasteiger partial charge on any atom is -0.449 e.